The molecule has 22 heavy (non-hydrogen) atoms. The highest BCUT2D eigenvalue weighted by Crippen LogP contribution is 2.60. The van der Waals surface area contributed by atoms with Crippen LogP contribution in [0.4, 0.5) is 13.2 Å². The van der Waals surface area contributed by atoms with Crippen molar-refractivity contribution in [3.8, 4) is 0 Å². The van der Waals surface area contributed by atoms with E-state index in [4.69, 9.17) is 17.3 Å². The molecule has 1 aliphatic carbocycles. The predicted octanol–water partition coefficient (Wildman–Crippen LogP) is 1.61. The number of rotatable bonds is 5. The minimum atomic E-state index is -4.31. The Balaban J connectivity index is 1.53. The molecule has 4 nitrogen and oxygen atoms in total. The molecule has 8 heteroatoms. The summed E-state index contributed by atoms with van der Waals surface area (Å²) in [6, 6.07) is 0. The Morgan fingerprint density at radius 1 is 1.41 bits per heavy atom. The Labute approximate surface area is 128 Å². The van der Waals surface area contributed by atoms with Gasteiger partial charge in [-0.25, -0.2) is 0 Å². The molecule has 2 aliphatic heterocycles. The zero-order valence-corrected chi connectivity index (χ0v) is 12.4. The molecule has 3 rings (SSSR count). The second-order valence-electron chi connectivity index (χ2n) is 6.85. The van der Waals surface area contributed by atoms with E-state index in [2.05, 4.69) is 4.74 Å². The number of epoxide rings is 2. The van der Waals surface area contributed by atoms with E-state index < -0.39 is 30.1 Å². The molecule has 1 spiro atoms. The summed E-state index contributed by atoms with van der Waals surface area (Å²) < 4.78 is 52.0. The number of alkyl halides is 3. The van der Waals surface area contributed by atoms with E-state index in [1.165, 1.54) is 0 Å². The van der Waals surface area contributed by atoms with Gasteiger partial charge in [0.2, 0.25) is 0 Å². The molecule has 0 amide bonds. The van der Waals surface area contributed by atoms with Crippen LogP contribution in [0.3, 0.4) is 0 Å². The van der Waals surface area contributed by atoms with E-state index in [0.29, 0.717) is 25.9 Å². The van der Waals surface area contributed by atoms with Crippen molar-refractivity contribution in [2.45, 2.75) is 61.6 Å². The van der Waals surface area contributed by atoms with Crippen LogP contribution in [0.5, 0.6) is 0 Å². The molecule has 0 aromatic heterocycles. The minimum Gasteiger partial charge on any atom is -0.393 e. The quantitative estimate of drug-likeness (QED) is 0.475. The van der Waals surface area contributed by atoms with Crippen LogP contribution in [0.25, 0.3) is 0 Å². The summed E-state index contributed by atoms with van der Waals surface area (Å²) in [5.74, 6) is -0.280. The summed E-state index contributed by atoms with van der Waals surface area (Å²) in [4.78, 5) is 0. The van der Waals surface area contributed by atoms with Gasteiger partial charge in [-0.1, -0.05) is 5.82 Å². The van der Waals surface area contributed by atoms with Crippen LogP contribution in [0, 0.1) is 5.92 Å². The molecular formula is C14H20BF3O4. The van der Waals surface area contributed by atoms with E-state index in [0.717, 1.165) is 0 Å². The second-order valence-corrected chi connectivity index (χ2v) is 6.85. The molecule has 3 fully saturated rings. The number of aliphatic hydroxyl groups is 1. The molecule has 2 radical (unpaired) electrons. The summed E-state index contributed by atoms with van der Waals surface area (Å²) in [5.41, 5.74) is -0.995. The topological polar surface area (TPSA) is 54.5 Å². The first kappa shape index (κ1) is 16.5. The van der Waals surface area contributed by atoms with Gasteiger partial charge >= 0.3 is 6.18 Å². The van der Waals surface area contributed by atoms with Gasteiger partial charge in [-0.3, -0.25) is 0 Å². The van der Waals surface area contributed by atoms with Gasteiger partial charge in [-0.2, -0.15) is 13.2 Å². The van der Waals surface area contributed by atoms with Crippen molar-refractivity contribution in [3.63, 3.8) is 0 Å². The summed E-state index contributed by atoms with van der Waals surface area (Å²) in [7, 11) is 5.93. The van der Waals surface area contributed by atoms with E-state index >= 15 is 0 Å². The van der Waals surface area contributed by atoms with E-state index in [-0.39, 0.29) is 24.4 Å². The number of halogens is 3. The molecule has 3 aliphatic rings. The third kappa shape index (κ3) is 3.16. The zero-order chi connectivity index (χ0) is 16.2. The van der Waals surface area contributed by atoms with Crippen molar-refractivity contribution < 1.29 is 32.5 Å². The first-order chi connectivity index (χ1) is 10.2. The van der Waals surface area contributed by atoms with Gasteiger partial charge in [0.05, 0.1) is 32.3 Å². The van der Waals surface area contributed by atoms with Crippen LogP contribution in [0.2, 0.25) is 5.82 Å². The van der Waals surface area contributed by atoms with Gasteiger partial charge in [-0.15, -0.1) is 0 Å². The molecular weight excluding hydrogens is 300 g/mol. The Morgan fingerprint density at radius 2 is 2.09 bits per heavy atom. The van der Waals surface area contributed by atoms with Gasteiger partial charge in [0, 0.05) is 12.5 Å². The molecule has 2 saturated heterocycles. The maximum Gasteiger partial charge on any atom is 0.411 e. The monoisotopic (exact) mass is 320 g/mol. The number of aliphatic hydroxyl groups excluding tert-OH is 1. The molecule has 124 valence electrons. The van der Waals surface area contributed by atoms with Crippen LogP contribution in [-0.2, 0) is 14.2 Å². The summed E-state index contributed by atoms with van der Waals surface area (Å²) in [6.07, 6.45) is -3.59. The van der Waals surface area contributed by atoms with Crippen LogP contribution in [-0.4, -0.2) is 62.4 Å². The standard InChI is InChI=1S/C14H20BF3O4/c1-12(10(22-12)2-3-20-7-14(16,17)18)11-9(19)4-8(15)5-13(11)6-21-13/h8-11,19H,2-7H2,1H3/t8?,9?,10?,11?,12-,13?/m1/s1. The van der Waals surface area contributed by atoms with Gasteiger partial charge < -0.3 is 19.3 Å². The molecule has 6 atom stereocenters. The lowest BCUT2D eigenvalue weighted by Crippen LogP contribution is -2.49. The fourth-order valence-electron chi connectivity index (χ4n) is 4.02. The van der Waals surface area contributed by atoms with Crippen molar-refractivity contribution in [2.75, 3.05) is 19.8 Å². The van der Waals surface area contributed by atoms with Gasteiger partial charge in [-0.05, 0) is 26.2 Å². The lowest BCUT2D eigenvalue weighted by Gasteiger charge is -2.39. The van der Waals surface area contributed by atoms with E-state index in [1.54, 1.807) is 0 Å². The summed E-state index contributed by atoms with van der Waals surface area (Å²) >= 11 is 0. The Kier molecular flexibility index (Phi) is 4.03. The largest absolute Gasteiger partial charge is 0.411 e. The lowest BCUT2D eigenvalue weighted by molar-refractivity contribution is -0.174. The molecule has 1 N–H and O–H groups in total. The average molecular weight is 320 g/mol. The highest BCUT2D eigenvalue weighted by atomic mass is 19.4. The average Bonchev–Trinajstić information content (AvgIpc) is 3.23. The maximum atomic E-state index is 12.0. The van der Waals surface area contributed by atoms with Crippen LogP contribution < -0.4 is 0 Å². The first-order valence-electron chi connectivity index (χ1n) is 7.56. The maximum absolute atomic E-state index is 12.0. The van der Waals surface area contributed by atoms with Crippen molar-refractivity contribution in [1.82, 2.24) is 0 Å². The second kappa shape index (κ2) is 5.36. The zero-order valence-electron chi connectivity index (χ0n) is 12.4. The number of hydrogen-bond acceptors (Lipinski definition) is 4. The van der Waals surface area contributed by atoms with Gasteiger partial charge in [0.15, 0.2) is 0 Å². The molecule has 0 aromatic rings. The molecule has 0 aromatic carbocycles. The van der Waals surface area contributed by atoms with E-state index in [9.17, 15) is 18.3 Å². The van der Waals surface area contributed by atoms with Crippen molar-refractivity contribution in [1.29, 1.82) is 0 Å². The highest BCUT2D eigenvalue weighted by molar-refractivity contribution is 6.11. The molecule has 5 unspecified atom stereocenters. The number of hydrogen-bond donors (Lipinski definition) is 1. The van der Waals surface area contributed by atoms with Gasteiger partial charge in [0.25, 0.3) is 0 Å². The van der Waals surface area contributed by atoms with E-state index in [1.807, 2.05) is 6.92 Å². The molecule has 1 saturated carbocycles. The van der Waals surface area contributed by atoms with Crippen molar-refractivity contribution >= 4 is 7.85 Å². The smallest absolute Gasteiger partial charge is 0.393 e. The fraction of sp³-hybridized carbons (Fsp3) is 1.00. The first-order valence-corrected chi connectivity index (χ1v) is 7.56. The van der Waals surface area contributed by atoms with Crippen molar-refractivity contribution in [2.24, 2.45) is 5.92 Å². The Hall–Kier alpha value is -0.305. The minimum absolute atomic E-state index is 0.0179. The third-order valence-corrected chi connectivity index (χ3v) is 5.00. The summed E-state index contributed by atoms with van der Waals surface area (Å²) in [6.45, 7) is 1.18. The lowest BCUT2D eigenvalue weighted by atomic mass is 9.61. The Bertz CT molecular complexity index is 429. The number of ether oxygens (including phenoxy) is 3. The SMILES string of the molecule is [B]C1CC(O)C([C@]2(C)OC2CCOCC(F)(F)F)C2(CO2)C1. The normalized spacial score (nSPS) is 47.7. The van der Waals surface area contributed by atoms with Crippen LogP contribution in [0.1, 0.15) is 26.2 Å². The Morgan fingerprint density at radius 3 is 2.68 bits per heavy atom. The van der Waals surface area contributed by atoms with Crippen LogP contribution >= 0.6 is 0 Å². The predicted molar refractivity (Wildman–Crippen MR) is 71.7 cm³/mol. The van der Waals surface area contributed by atoms with Gasteiger partial charge in [0.1, 0.15) is 12.2 Å². The summed E-state index contributed by atoms with van der Waals surface area (Å²) in [5, 5.41) is 10.4. The van der Waals surface area contributed by atoms with Crippen LogP contribution in [0.15, 0.2) is 0 Å². The third-order valence-electron chi connectivity index (χ3n) is 5.00. The highest BCUT2D eigenvalue weighted by Gasteiger charge is 2.70. The molecule has 2 heterocycles. The fourth-order valence-corrected chi connectivity index (χ4v) is 4.02. The molecule has 0 bridgehead atoms. The van der Waals surface area contributed by atoms with Crippen molar-refractivity contribution in [3.05, 3.63) is 0 Å².